The molecule has 0 aliphatic carbocycles. The van der Waals surface area contributed by atoms with Crippen molar-refractivity contribution in [2.75, 3.05) is 32.8 Å². The summed E-state index contributed by atoms with van der Waals surface area (Å²) in [5, 5.41) is 23.6. The van der Waals surface area contributed by atoms with Gasteiger partial charge in [0.2, 0.25) is 0 Å². The van der Waals surface area contributed by atoms with Crippen LogP contribution in [0.1, 0.15) is 46.5 Å². The lowest BCUT2D eigenvalue weighted by atomic mass is 10.2. The Morgan fingerprint density at radius 2 is 1.16 bits per heavy atom. The fourth-order valence-corrected chi connectivity index (χ4v) is 10.0. The van der Waals surface area contributed by atoms with Gasteiger partial charge in [-0.1, -0.05) is 61.0 Å². The Morgan fingerprint density at radius 3 is 1.65 bits per heavy atom. The van der Waals surface area contributed by atoms with Crippen molar-refractivity contribution in [1.29, 1.82) is 0 Å². The third-order valence-electron chi connectivity index (χ3n) is 8.08. The van der Waals surface area contributed by atoms with Gasteiger partial charge < -0.3 is 46.5 Å². The molecule has 8 nitrogen and oxygen atoms in total. The number of aromatic hydroxyl groups is 2. The molecule has 49 heavy (non-hydrogen) atoms. The highest BCUT2D eigenvalue weighted by atomic mass is 79.9. The summed E-state index contributed by atoms with van der Waals surface area (Å²) >= 11 is 0. The number of nitrogens with zero attached hydrogens (tertiary/aromatic N) is 2. The molecule has 10 heteroatoms. The van der Waals surface area contributed by atoms with Gasteiger partial charge in [-0.15, -0.1) is 0 Å². The largest absolute Gasteiger partial charge is 1.00 e. The van der Waals surface area contributed by atoms with Crippen molar-refractivity contribution in [3.8, 4) is 17.2 Å². The minimum absolute atomic E-state index is 0. The number of carbonyl (C=O) groups excluding carboxylic acids is 2. The SMILES string of the molecule is CN(CCN(CCCCCC[P+](c1ccccc1)(c1ccccc1)c1ccccc1)C(=O)Oc1ccc(O)c(O)c1)C(=O)OC(C)(C)C.[Br-]. The zero-order chi connectivity index (χ0) is 34.6. The number of benzene rings is 4. The number of phenols is 2. The lowest BCUT2D eigenvalue weighted by Crippen LogP contribution is -3.00. The molecule has 0 atom stereocenters. The molecule has 0 radical (unpaired) electrons. The van der Waals surface area contributed by atoms with Crippen molar-refractivity contribution in [2.45, 2.75) is 52.1 Å². The maximum atomic E-state index is 13.3. The molecule has 4 aromatic carbocycles. The molecular formula is C39H48BrN2O6P. The first-order valence-electron chi connectivity index (χ1n) is 16.5. The Hall–Kier alpha value is -4.07. The quantitative estimate of drug-likeness (QED) is 0.113. The van der Waals surface area contributed by atoms with Crippen molar-refractivity contribution < 1.29 is 46.3 Å². The first kappa shape index (κ1) is 39.4. The van der Waals surface area contributed by atoms with E-state index >= 15 is 0 Å². The second kappa shape index (κ2) is 18.6. The molecule has 0 aromatic heterocycles. The number of phenolic OH excluding ortho intramolecular Hbond substituents is 2. The van der Waals surface area contributed by atoms with Crippen LogP contribution in [0.15, 0.2) is 109 Å². The fourth-order valence-electron chi connectivity index (χ4n) is 5.62. The van der Waals surface area contributed by atoms with Crippen LogP contribution in [0.2, 0.25) is 0 Å². The predicted molar refractivity (Wildman–Crippen MR) is 195 cm³/mol. The van der Waals surface area contributed by atoms with Crippen molar-refractivity contribution in [3.05, 3.63) is 109 Å². The topological polar surface area (TPSA) is 99.5 Å². The molecule has 0 heterocycles. The highest BCUT2D eigenvalue weighted by Crippen LogP contribution is 2.56. The van der Waals surface area contributed by atoms with Crippen LogP contribution in [0, 0.1) is 0 Å². The van der Waals surface area contributed by atoms with E-state index in [1.165, 1.54) is 39.0 Å². The van der Waals surface area contributed by atoms with Gasteiger partial charge in [-0.25, -0.2) is 9.59 Å². The van der Waals surface area contributed by atoms with Crippen molar-refractivity contribution in [3.63, 3.8) is 0 Å². The van der Waals surface area contributed by atoms with E-state index in [9.17, 15) is 19.8 Å². The molecule has 262 valence electrons. The summed E-state index contributed by atoms with van der Waals surface area (Å²) < 4.78 is 11.0. The van der Waals surface area contributed by atoms with Gasteiger partial charge in [-0.3, -0.25) is 0 Å². The zero-order valence-electron chi connectivity index (χ0n) is 28.8. The number of rotatable bonds is 14. The van der Waals surface area contributed by atoms with E-state index in [0.29, 0.717) is 6.54 Å². The van der Waals surface area contributed by atoms with Crippen LogP contribution in [-0.2, 0) is 4.74 Å². The van der Waals surface area contributed by atoms with Crippen LogP contribution < -0.4 is 37.6 Å². The maximum absolute atomic E-state index is 13.3. The fraction of sp³-hybridized carbons (Fsp3) is 0.333. The Labute approximate surface area is 301 Å². The Kier molecular flexibility index (Phi) is 15.0. The van der Waals surface area contributed by atoms with Gasteiger partial charge >= 0.3 is 12.2 Å². The second-order valence-electron chi connectivity index (χ2n) is 12.9. The van der Waals surface area contributed by atoms with Gasteiger partial charge in [0.05, 0.1) is 6.16 Å². The smallest absolute Gasteiger partial charge is 0.415 e. The second-order valence-corrected chi connectivity index (χ2v) is 16.5. The monoisotopic (exact) mass is 750 g/mol. The van der Waals surface area contributed by atoms with E-state index in [2.05, 4.69) is 91.0 Å². The Morgan fingerprint density at radius 1 is 0.653 bits per heavy atom. The van der Waals surface area contributed by atoms with E-state index in [-0.39, 0.29) is 47.3 Å². The van der Waals surface area contributed by atoms with Crippen molar-refractivity contribution in [1.82, 2.24) is 9.80 Å². The molecule has 0 saturated heterocycles. The van der Waals surface area contributed by atoms with Gasteiger partial charge in [0.15, 0.2) is 11.5 Å². The molecule has 0 saturated carbocycles. The highest BCUT2D eigenvalue weighted by molar-refractivity contribution is 7.95. The lowest BCUT2D eigenvalue weighted by Gasteiger charge is -2.28. The molecular weight excluding hydrogens is 703 g/mol. The normalized spacial score (nSPS) is 11.3. The molecule has 0 aliphatic heterocycles. The molecule has 4 rings (SSSR count). The summed E-state index contributed by atoms with van der Waals surface area (Å²) in [6.45, 7) is 6.34. The number of halogens is 1. The van der Waals surface area contributed by atoms with Gasteiger partial charge in [0.1, 0.15) is 34.5 Å². The van der Waals surface area contributed by atoms with Crippen molar-refractivity contribution >= 4 is 35.4 Å². The van der Waals surface area contributed by atoms with Gasteiger partial charge in [0.25, 0.3) is 0 Å². The summed E-state index contributed by atoms with van der Waals surface area (Å²) in [5.74, 6) is -0.565. The summed E-state index contributed by atoms with van der Waals surface area (Å²) in [7, 11) is -0.266. The lowest BCUT2D eigenvalue weighted by molar-refractivity contribution is -0.0000483. The summed E-state index contributed by atoms with van der Waals surface area (Å²) in [4.78, 5) is 28.8. The van der Waals surface area contributed by atoms with Crippen molar-refractivity contribution in [2.24, 2.45) is 0 Å². The van der Waals surface area contributed by atoms with Gasteiger partial charge in [0, 0.05) is 32.7 Å². The van der Waals surface area contributed by atoms with Gasteiger partial charge in [-0.2, -0.15) is 0 Å². The number of ether oxygens (including phenoxy) is 2. The average Bonchev–Trinajstić information content (AvgIpc) is 3.07. The number of amides is 2. The number of hydrogen-bond acceptors (Lipinski definition) is 6. The van der Waals surface area contributed by atoms with E-state index < -0.39 is 25.1 Å². The van der Waals surface area contributed by atoms with Crippen LogP contribution in [0.3, 0.4) is 0 Å². The number of carbonyl (C=O) groups is 2. The molecule has 2 N–H and O–H groups in total. The number of likely N-dealkylation sites (N-methyl/N-ethyl adjacent to an activating group) is 1. The Balaban J connectivity index is 0.00000650. The highest BCUT2D eigenvalue weighted by Gasteiger charge is 2.44. The molecule has 0 spiro atoms. The van der Waals surface area contributed by atoms with Crippen LogP contribution >= 0.6 is 7.26 Å². The Bertz CT molecular complexity index is 1510. The average molecular weight is 752 g/mol. The first-order valence-corrected chi connectivity index (χ1v) is 18.4. The minimum Gasteiger partial charge on any atom is -1.00 e. The van der Waals surface area contributed by atoms with Crippen LogP contribution in [-0.4, -0.2) is 70.6 Å². The summed E-state index contributed by atoms with van der Waals surface area (Å²) in [6, 6.07) is 36.4. The van der Waals surface area contributed by atoms with Gasteiger partial charge in [-0.05, 0) is 88.6 Å². The molecule has 2 amide bonds. The van der Waals surface area contributed by atoms with Crippen LogP contribution in [0.5, 0.6) is 17.2 Å². The van der Waals surface area contributed by atoms with Crippen LogP contribution in [0.25, 0.3) is 0 Å². The number of hydrogen-bond donors (Lipinski definition) is 2. The molecule has 0 unspecified atom stereocenters. The summed E-state index contributed by atoms with van der Waals surface area (Å²) in [6.07, 6.45) is 3.62. The molecule has 0 aliphatic rings. The predicted octanol–water partition coefficient (Wildman–Crippen LogP) is 4.32. The zero-order valence-corrected chi connectivity index (χ0v) is 31.3. The molecule has 4 aromatic rings. The minimum atomic E-state index is -1.90. The number of unbranched alkanes of at least 4 members (excludes halogenated alkanes) is 3. The first-order chi connectivity index (χ1) is 23.0. The third-order valence-corrected chi connectivity index (χ3v) is 12.6. The standard InChI is InChI=1S/C39H47N2O6P.BrH/c1-39(2,3)47-37(44)40(4)27-28-41(38(45)46-31-24-25-35(42)36(43)30-31)26-16-5-6-17-29-48(32-18-10-7-11-19-32,33-20-12-8-13-21-33)34-22-14-9-15-23-34;/h7-15,18-25,30H,5-6,16-17,26-29H2,1-4H3,(H-,42,43);1H. The maximum Gasteiger partial charge on any atom is 0.415 e. The van der Waals surface area contributed by atoms with E-state index in [1.807, 2.05) is 0 Å². The summed E-state index contributed by atoms with van der Waals surface area (Å²) in [5.41, 5.74) is -0.633. The van der Waals surface area contributed by atoms with Crippen LogP contribution in [0.4, 0.5) is 9.59 Å². The van der Waals surface area contributed by atoms with E-state index in [4.69, 9.17) is 9.47 Å². The molecule has 0 fully saturated rings. The van der Waals surface area contributed by atoms with E-state index in [0.717, 1.165) is 31.8 Å². The molecule has 0 bridgehead atoms. The third kappa shape index (κ3) is 11.2. The van der Waals surface area contributed by atoms with E-state index in [1.54, 1.807) is 32.7 Å².